The van der Waals surface area contributed by atoms with Crippen LogP contribution in [0.4, 0.5) is 9.18 Å². The molecule has 2 saturated heterocycles. The van der Waals surface area contributed by atoms with E-state index in [1.54, 1.807) is 6.08 Å². The molecule has 0 bridgehead atoms. The van der Waals surface area contributed by atoms with E-state index in [-0.39, 0.29) is 42.8 Å². The molecule has 2 aromatic carbocycles. The molecule has 0 aliphatic carbocycles. The smallest absolute Gasteiger partial charge is 0.293 e. The van der Waals surface area contributed by atoms with Gasteiger partial charge >= 0.3 is 0 Å². The SMILES string of the molecule is O=C(Cn1cc(/C=C2\SC(=O)N(CCOc3ccc(F)cc3)C2=O)c2cc(Br)ccc21)NC[C@@H]1CCCO1. The van der Waals surface area contributed by atoms with Gasteiger partial charge in [0.15, 0.2) is 0 Å². The van der Waals surface area contributed by atoms with Crippen LogP contribution in [-0.4, -0.2) is 58.9 Å². The summed E-state index contributed by atoms with van der Waals surface area (Å²) in [7, 11) is 0. The molecular formula is C27H25BrFN3O5S. The van der Waals surface area contributed by atoms with E-state index in [4.69, 9.17) is 9.47 Å². The van der Waals surface area contributed by atoms with Gasteiger partial charge in [0.25, 0.3) is 11.1 Å². The van der Waals surface area contributed by atoms with Crippen molar-refractivity contribution in [2.45, 2.75) is 25.5 Å². The first-order valence-electron chi connectivity index (χ1n) is 12.2. The van der Waals surface area contributed by atoms with Crippen LogP contribution in [0.1, 0.15) is 18.4 Å². The molecule has 1 aromatic heterocycles. The number of rotatable bonds is 9. The van der Waals surface area contributed by atoms with Gasteiger partial charge in [-0.05, 0) is 73.1 Å². The number of amides is 3. The lowest BCUT2D eigenvalue weighted by Gasteiger charge is -2.13. The van der Waals surface area contributed by atoms with Crippen molar-refractivity contribution in [3.8, 4) is 5.75 Å². The van der Waals surface area contributed by atoms with Gasteiger partial charge in [-0.1, -0.05) is 15.9 Å². The zero-order valence-electron chi connectivity index (χ0n) is 20.3. The minimum Gasteiger partial charge on any atom is -0.492 e. The normalized spacial score (nSPS) is 18.6. The molecule has 0 spiro atoms. The fraction of sp³-hybridized carbons (Fsp3) is 0.296. The minimum atomic E-state index is -0.409. The second-order valence-corrected chi connectivity index (χ2v) is 10.9. The van der Waals surface area contributed by atoms with Crippen LogP contribution in [-0.2, 0) is 20.9 Å². The molecule has 0 saturated carbocycles. The van der Waals surface area contributed by atoms with Gasteiger partial charge in [0, 0.05) is 40.3 Å². The number of carbonyl (C=O) groups is 3. The zero-order valence-corrected chi connectivity index (χ0v) is 22.7. The summed E-state index contributed by atoms with van der Waals surface area (Å²) in [6.07, 6.45) is 5.50. The van der Waals surface area contributed by atoms with Crippen molar-refractivity contribution < 1.29 is 28.2 Å². The highest BCUT2D eigenvalue weighted by molar-refractivity contribution is 9.10. The number of benzene rings is 2. The van der Waals surface area contributed by atoms with Crippen molar-refractivity contribution in [2.24, 2.45) is 0 Å². The van der Waals surface area contributed by atoms with Crippen LogP contribution < -0.4 is 10.1 Å². The van der Waals surface area contributed by atoms with Crippen LogP contribution in [0.25, 0.3) is 17.0 Å². The summed E-state index contributed by atoms with van der Waals surface area (Å²) >= 11 is 4.35. The maximum atomic E-state index is 13.1. The Hall–Kier alpha value is -3.15. The predicted octanol–water partition coefficient (Wildman–Crippen LogP) is 4.95. The molecule has 5 rings (SSSR count). The quantitative estimate of drug-likeness (QED) is 0.349. The predicted molar refractivity (Wildman–Crippen MR) is 146 cm³/mol. The van der Waals surface area contributed by atoms with Crippen molar-refractivity contribution in [1.82, 2.24) is 14.8 Å². The summed E-state index contributed by atoms with van der Waals surface area (Å²) < 4.78 is 26.9. The molecule has 1 atom stereocenters. The topological polar surface area (TPSA) is 89.9 Å². The first-order chi connectivity index (χ1) is 18.4. The highest BCUT2D eigenvalue weighted by Gasteiger charge is 2.35. The van der Waals surface area contributed by atoms with E-state index in [0.29, 0.717) is 17.2 Å². The number of fused-ring (bicyclic) bond motifs is 1. The number of hydrogen-bond donors (Lipinski definition) is 1. The Labute approximate surface area is 231 Å². The van der Waals surface area contributed by atoms with Gasteiger partial charge in [-0.2, -0.15) is 0 Å². The molecule has 0 unspecified atom stereocenters. The zero-order chi connectivity index (χ0) is 26.6. The van der Waals surface area contributed by atoms with Crippen LogP contribution in [0, 0.1) is 5.82 Å². The Kier molecular flexibility index (Phi) is 8.15. The second kappa shape index (κ2) is 11.7. The lowest BCUT2D eigenvalue weighted by molar-refractivity contribution is -0.123. The summed E-state index contributed by atoms with van der Waals surface area (Å²) in [6.45, 7) is 1.48. The van der Waals surface area contributed by atoms with E-state index in [9.17, 15) is 18.8 Å². The molecule has 2 fully saturated rings. The van der Waals surface area contributed by atoms with Crippen LogP contribution in [0.15, 0.2) is 58.0 Å². The number of ether oxygens (including phenoxy) is 2. The molecule has 1 N–H and O–H groups in total. The Morgan fingerprint density at radius 3 is 2.82 bits per heavy atom. The van der Waals surface area contributed by atoms with Crippen LogP contribution in [0.2, 0.25) is 0 Å². The molecule has 38 heavy (non-hydrogen) atoms. The van der Waals surface area contributed by atoms with Gasteiger partial charge in [0.05, 0.1) is 17.6 Å². The average molecular weight is 602 g/mol. The molecule has 198 valence electrons. The largest absolute Gasteiger partial charge is 0.492 e. The highest BCUT2D eigenvalue weighted by atomic mass is 79.9. The number of aromatic nitrogens is 1. The molecule has 3 aromatic rings. The number of nitrogens with one attached hydrogen (secondary N) is 1. The molecule has 3 amide bonds. The van der Waals surface area contributed by atoms with Gasteiger partial charge in [-0.25, -0.2) is 4.39 Å². The summed E-state index contributed by atoms with van der Waals surface area (Å²) in [5.74, 6) is -0.463. The number of hydrogen-bond acceptors (Lipinski definition) is 6. The first kappa shape index (κ1) is 26.5. The molecule has 2 aliphatic heterocycles. The maximum Gasteiger partial charge on any atom is 0.293 e. The Morgan fingerprint density at radius 2 is 2.05 bits per heavy atom. The van der Waals surface area contributed by atoms with Crippen molar-refractivity contribution in [3.05, 3.63) is 69.4 Å². The van der Waals surface area contributed by atoms with E-state index >= 15 is 0 Å². The number of carbonyl (C=O) groups excluding carboxylic acids is 3. The van der Waals surface area contributed by atoms with Crippen molar-refractivity contribution in [2.75, 3.05) is 26.3 Å². The van der Waals surface area contributed by atoms with Crippen LogP contribution in [0.3, 0.4) is 0 Å². The first-order valence-corrected chi connectivity index (χ1v) is 13.8. The van der Waals surface area contributed by atoms with Gasteiger partial charge in [0.2, 0.25) is 5.91 Å². The third kappa shape index (κ3) is 6.11. The summed E-state index contributed by atoms with van der Waals surface area (Å²) in [5, 5.41) is 3.39. The van der Waals surface area contributed by atoms with E-state index in [1.807, 2.05) is 29.0 Å². The van der Waals surface area contributed by atoms with Crippen molar-refractivity contribution >= 4 is 61.7 Å². The third-order valence-electron chi connectivity index (χ3n) is 6.30. The number of halogens is 2. The van der Waals surface area contributed by atoms with E-state index in [2.05, 4.69) is 21.2 Å². The Balaban J connectivity index is 1.29. The van der Waals surface area contributed by atoms with Crippen molar-refractivity contribution in [3.63, 3.8) is 0 Å². The molecule has 3 heterocycles. The number of nitrogens with zero attached hydrogens (tertiary/aromatic N) is 2. The molecule has 11 heteroatoms. The number of thioether (sulfide) groups is 1. The van der Waals surface area contributed by atoms with Gasteiger partial charge < -0.3 is 19.4 Å². The fourth-order valence-electron chi connectivity index (χ4n) is 4.41. The maximum absolute atomic E-state index is 13.1. The molecular weight excluding hydrogens is 577 g/mol. The van der Waals surface area contributed by atoms with Crippen LogP contribution >= 0.6 is 27.7 Å². The summed E-state index contributed by atoms with van der Waals surface area (Å²) in [5.41, 5.74) is 1.56. The summed E-state index contributed by atoms with van der Waals surface area (Å²) in [6, 6.07) is 11.2. The van der Waals surface area contributed by atoms with Crippen LogP contribution in [0.5, 0.6) is 5.75 Å². The summed E-state index contributed by atoms with van der Waals surface area (Å²) in [4.78, 5) is 39.7. The lowest BCUT2D eigenvalue weighted by atomic mass is 10.1. The minimum absolute atomic E-state index is 0.0589. The van der Waals surface area contributed by atoms with Gasteiger partial charge in [0.1, 0.15) is 24.7 Å². The van der Waals surface area contributed by atoms with Crippen molar-refractivity contribution in [1.29, 1.82) is 0 Å². The standard InChI is InChI=1S/C27H25BrFN3O5S/c28-18-3-8-23-22(13-18)17(15-31(23)16-25(33)30-14-21-2-1-10-36-21)12-24-26(34)32(27(35)38-24)9-11-37-20-6-4-19(29)5-7-20/h3-8,12-13,15,21H,1-2,9-11,14,16H2,(H,30,33)/b24-12-/t21-/m0/s1. The Morgan fingerprint density at radius 1 is 1.24 bits per heavy atom. The van der Waals surface area contributed by atoms with E-state index in [0.717, 1.165) is 57.0 Å². The molecule has 8 nitrogen and oxygen atoms in total. The van der Waals surface area contributed by atoms with Gasteiger partial charge in [-0.3, -0.25) is 19.3 Å². The van der Waals surface area contributed by atoms with E-state index in [1.165, 1.54) is 24.3 Å². The number of imide groups is 1. The monoisotopic (exact) mass is 601 g/mol. The highest BCUT2D eigenvalue weighted by Crippen LogP contribution is 2.34. The average Bonchev–Trinajstić information content (AvgIpc) is 3.60. The second-order valence-electron chi connectivity index (χ2n) is 8.95. The third-order valence-corrected chi connectivity index (χ3v) is 7.70. The Bertz CT molecular complexity index is 1400. The molecule has 0 radical (unpaired) electrons. The van der Waals surface area contributed by atoms with E-state index < -0.39 is 5.91 Å². The lowest BCUT2D eigenvalue weighted by Crippen LogP contribution is -2.34. The molecule has 2 aliphatic rings. The fourth-order valence-corrected chi connectivity index (χ4v) is 5.62. The van der Waals surface area contributed by atoms with Gasteiger partial charge in [-0.15, -0.1) is 0 Å².